The molecule has 0 spiro atoms. The lowest BCUT2D eigenvalue weighted by molar-refractivity contribution is 0.0735. The Hall–Kier alpha value is -1.80. The average Bonchev–Trinajstić information content (AvgIpc) is 3.19. The minimum absolute atomic E-state index is 0.00527. The van der Waals surface area contributed by atoms with E-state index in [0.29, 0.717) is 11.4 Å². The molecule has 0 unspecified atom stereocenters. The van der Waals surface area contributed by atoms with Gasteiger partial charge in [-0.25, -0.2) is 9.67 Å². The molecule has 2 heterocycles. The van der Waals surface area contributed by atoms with Crippen molar-refractivity contribution < 1.29 is 9.90 Å². The van der Waals surface area contributed by atoms with Gasteiger partial charge >= 0.3 is 0 Å². The quantitative estimate of drug-likeness (QED) is 0.890. The minimum Gasteiger partial charge on any atom is -0.384 e. The van der Waals surface area contributed by atoms with Crippen molar-refractivity contribution in [2.45, 2.75) is 57.2 Å². The van der Waals surface area contributed by atoms with E-state index in [1.165, 1.54) is 11.3 Å². The second kappa shape index (κ2) is 6.37. The molecular weight excluding hydrogens is 314 g/mol. The molecule has 2 aromatic rings. The first kappa shape index (κ1) is 16.1. The van der Waals surface area contributed by atoms with Crippen LogP contribution in [-0.4, -0.2) is 37.0 Å². The molecule has 2 N–H and O–H groups in total. The number of nitrogens with one attached hydrogen (secondary N) is 1. The Morgan fingerprint density at radius 3 is 2.87 bits per heavy atom. The largest absolute Gasteiger partial charge is 0.384 e. The normalized spacial score (nSPS) is 22.0. The van der Waals surface area contributed by atoms with Gasteiger partial charge in [0.1, 0.15) is 17.0 Å². The Kier molecular flexibility index (Phi) is 4.45. The summed E-state index contributed by atoms with van der Waals surface area (Å²) >= 11 is 1.41. The van der Waals surface area contributed by atoms with Gasteiger partial charge in [-0.1, -0.05) is 18.1 Å². The number of hydrogen-bond acceptors (Lipinski definition) is 6. The van der Waals surface area contributed by atoms with E-state index in [-0.39, 0.29) is 18.0 Å². The van der Waals surface area contributed by atoms with Crippen molar-refractivity contribution in [2.24, 2.45) is 0 Å². The highest BCUT2D eigenvalue weighted by Crippen LogP contribution is 2.29. The maximum Gasteiger partial charge on any atom is 0.271 e. The van der Waals surface area contributed by atoms with Crippen LogP contribution in [0.1, 0.15) is 61.8 Å². The van der Waals surface area contributed by atoms with Crippen LogP contribution in [0.4, 0.5) is 0 Å². The second-order valence-corrected chi connectivity index (χ2v) is 7.17. The molecule has 2 aromatic heterocycles. The van der Waals surface area contributed by atoms with Gasteiger partial charge in [0.15, 0.2) is 0 Å². The van der Waals surface area contributed by atoms with Gasteiger partial charge in [-0.2, -0.15) is 0 Å². The molecule has 124 valence electrons. The first-order valence-corrected chi connectivity index (χ1v) is 8.73. The summed E-state index contributed by atoms with van der Waals surface area (Å²) < 4.78 is 1.78. The Balaban J connectivity index is 1.76. The standard InChI is InChI=1S/C15H21N5O2S/c1-15(2,22)13-7-20(19-18-13)12-6-4-3-5-10(12)17-14(21)11-8-23-9-16-11/h7-10,12,22H,3-6H2,1-2H3,(H,17,21)/t10-,12+/m0/s1. The number of amides is 1. The summed E-state index contributed by atoms with van der Waals surface area (Å²) in [5, 5.41) is 23.1. The molecule has 0 bridgehead atoms. The van der Waals surface area contributed by atoms with Gasteiger partial charge in [-0.3, -0.25) is 4.79 Å². The molecule has 0 aliphatic heterocycles. The van der Waals surface area contributed by atoms with E-state index < -0.39 is 5.60 Å². The van der Waals surface area contributed by atoms with Crippen LogP contribution in [0.5, 0.6) is 0 Å². The van der Waals surface area contributed by atoms with E-state index in [9.17, 15) is 9.90 Å². The summed E-state index contributed by atoms with van der Waals surface area (Å²) in [6.07, 6.45) is 5.77. The van der Waals surface area contributed by atoms with Crippen LogP contribution in [-0.2, 0) is 5.60 Å². The van der Waals surface area contributed by atoms with E-state index in [2.05, 4.69) is 20.6 Å². The third-order valence-corrected chi connectivity index (χ3v) is 4.77. The molecule has 1 amide bonds. The lowest BCUT2D eigenvalue weighted by Gasteiger charge is -2.31. The zero-order chi connectivity index (χ0) is 16.4. The number of aliphatic hydroxyl groups is 1. The van der Waals surface area contributed by atoms with E-state index in [4.69, 9.17) is 0 Å². The van der Waals surface area contributed by atoms with Crippen molar-refractivity contribution in [1.82, 2.24) is 25.3 Å². The lowest BCUT2D eigenvalue weighted by atomic mass is 9.90. The summed E-state index contributed by atoms with van der Waals surface area (Å²) in [6, 6.07) is 0.0456. The number of carbonyl (C=O) groups excluding carboxylic acids is 1. The van der Waals surface area contributed by atoms with Crippen LogP contribution < -0.4 is 5.32 Å². The molecule has 1 fully saturated rings. The van der Waals surface area contributed by atoms with Crippen LogP contribution in [0.25, 0.3) is 0 Å². The zero-order valence-electron chi connectivity index (χ0n) is 13.3. The smallest absolute Gasteiger partial charge is 0.271 e. The highest BCUT2D eigenvalue weighted by Gasteiger charge is 2.31. The Morgan fingerprint density at radius 1 is 1.43 bits per heavy atom. The van der Waals surface area contributed by atoms with Crippen molar-refractivity contribution in [2.75, 3.05) is 0 Å². The van der Waals surface area contributed by atoms with Gasteiger partial charge in [0.25, 0.3) is 5.91 Å². The van der Waals surface area contributed by atoms with E-state index >= 15 is 0 Å². The van der Waals surface area contributed by atoms with E-state index in [1.54, 1.807) is 35.6 Å². The molecule has 0 aromatic carbocycles. The van der Waals surface area contributed by atoms with E-state index in [1.807, 2.05) is 0 Å². The lowest BCUT2D eigenvalue weighted by Crippen LogP contribution is -2.43. The van der Waals surface area contributed by atoms with Gasteiger partial charge in [-0.05, 0) is 26.7 Å². The van der Waals surface area contributed by atoms with Crippen LogP contribution in [0.15, 0.2) is 17.1 Å². The van der Waals surface area contributed by atoms with Crippen molar-refractivity contribution in [1.29, 1.82) is 0 Å². The topological polar surface area (TPSA) is 92.9 Å². The number of hydrogen-bond donors (Lipinski definition) is 2. The first-order valence-electron chi connectivity index (χ1n) is 7.79. The molecule has 8 heteroatoms. The van der Waals surface area contributed by atoms with Gasteiger partial charge in [0.2, 0.25) is 0 Å². The third kappa shape index (κ3) is 3.59. The monoisotopic (exact) mass is 335 g/mol. The van der Waals surface area contributed by atoms with Gasteiger partial charge in [0.05, 0.1) is 23.8 Å². The summed E-state index contributed by atoms with van der Waals surface area (Å²) in [5.74, 6) is -0.147. The summed E-state index contributed by atoms with van der Waals surface area (Å²) in [7, 11) is 0. The third-order valence-electron chi connectivity index (χ3n) is 4.19. The molecule has 0 radical (unpaired) electrons. The van der Waals surface area contributed by atoms with E-state index in [0.717, 1.165) is 25.7 Å². The second-order valence-electron chi connectivity index (χ2n) is 6.45. The molecule has 1 aliphatic carbocycles. The minimum atomic E-state index is -1.02. The van der Waals surface area contributed by atoms with Crippen molar-refractivity contribution in [3.8, 4) is 0 Å². The Bertz CT molecular complexity index is 662. The fourth-order valence-electron chi connectivity index (χ4n) is 2.88. The van der Waals surface area contributed by atoms with Gasteiger partial charge < -0.3 is 10.4 Å². The molecule has 7 nitrogen and oxygen atoms in total. The zero-order valence-corrected chi connectivity index (χ0v) is 14.1. The molecule has 0 saturated heterocycles. The van der Waals surface area contributed by atoms with Crippen LogP contribution >= 0.6 is 11.3 Å². The SMILES string of the molecule is CC(C)(O)c1cn([C@@H]2CCCC[C@@H]2NC(=O)c2cscn2)nn1. The highest BCUT2D eigenvalue weighted by atomic mass is 32.1. The Labute approximate surface area is 138 Å². The molecule has 1 saturated carbocycles. The molecular formula is C15H21N5O2S. The first-order chi connectivity index (χ1) is 10.9. The molecule has 1 aliphatic rings. The van der Waals surface area contributed by atoms with Crippen molar-refractivity contribution in [3.63, 3.8) is 0 Å². The van der Waals surface area contributed by atoms with Crippen LogP contribution in [0.3, 0.4) is 0 Å². The molecule has 3 rings (SSSR count). The maximum absolute atomic E-state index is 12.3. The predicted octanol–water partition coefficient (Wildman–Crippen LogP) is 1.88. The highest BCUT2D eigenvalue weighted by molar-refractivity contribution is 7.07. The molecule has 2 atom stereocenters. The van der Waals surface area contributed by atoms with Crippen LogP contribution in [0, 0.1) is 0 Å². The van der Waals surface area contributed by atoms with Crippen molar-refractivity contribution >= 4 is 17.2 Å². The number of carbonyl (C=O) groups is 1. The summed E-state index contributed by atoms with van der Waals surface area (Å²) in [5.41, 5.74) is 1.62. The van der Waals surface area contributed by atoms with Crippen LogP contribution in [0.2, 0.25) is 0 Å². The maximum atomic E-state index is 12.3. The fourth-order valence-corrected chi connectivity index (χ4v) is 3.41. The van der Waals surface area contributed by atoms with Gasteiger partial charge in [-0.15, -0.1) is 16.4 Å². The summed E-state index contributed by atoms with van der Waals surface area (Å²) in [6.45, 7) is 3.37. The van der Waals surface area contributed by atoms with Crippen molar-refractivity contribution in [3.05, 3.63) is 28.5 Å². The molecule has 23 heavy (non-hydrogen) atoms. The number of aromatic nitrogens is 4. The Morgan fingerprint density at radius 2 is 2.22 bits per heavy atom. The predicted molar refractivity (Wildman–Crippen MR) is 86.1 cm³/mol. The average molecular weight is 335 g/mol. The number of rotatable bonds is 4. The fraction of sp³-hybridized carbons (Fsp3) is 0.600. The van der Waals surface area contributed by atoms with Gasteiger partial charge in [0, 0.05) is 5.38 Å². The number of nitrogens with zero attached hydrogens (tertiary/aromatic N) is 4. The summed E-state index contributed by atoms with van der Waals surface area (Å²) in [4.78, 5) is 16.3. The number of thiazole rings is 1.